The van der Waals surface area contributed by atoms with Crippen molar-refractivity contribution >= 4 is 22.5 Å². The van der Waals surface area contributed by atoms with Crippen molar-refractivity contribution in [3.05, 3.63) is 46.6 Å². The number of benzene rings is 1. The molecular weight excluding hydrogens is 305 g/mol. The number of carbonyl (C=O) groups is 1. The normalized spacial score (nSPS) is 11.4. The first kappa shape index (κ1) is 15.3. The smallest absolute Gasteiger partial charge is 0.416 e. The van der Waals surface area contributed by atoms with Gasteiger partial charge in [-0.05, 0) is 36.2 Å². The maximum Gasteiger partial charge on any atom is 0.416 e. The number of alkyl halides is 3. The van der Waals surface area contributed by atoms with Crippen molar-refractivity contribution in [1.29, 1.82) is 0 Å². The van der Waals surface area contributed by atoms with E-state index < -0.39 is 17.7 Å². The Bertz CT molecular complexity index is 650. The van der Waals surface area contributed by atoms with Crippen molar-refractivity contribution in [2.45, 2.75) is 19.6 Å². The standard InChI is InChI=1S/C13H11F3N2O2S/c1-7-10(12(19)20)11(21-18-7)17-6-8-2-4-9(5-3-8)13(14,15)16/h2-5,17H,6H2,1H3,(H,19,20). The van der Waals surface area contributed by atoms with Gasteiger partial charge in [-0.15, -0.1) is 0 Å². The lowest BCUT2D eigenvalue weighted by Crippen LogP contribution is -2.07. The molecule has 2 aromatic rings. The fourth-order valence-corrected chi connectivity index (χ4v) is 2.52. The first-order chi connectivity index (χ1) is 9.79. The second-order valence-corrected chi connectivity index (χ2v) is 5.10. The van der Waals surface area contributed by atoms with E-state index in [0.717, 1.165) is 23.7 Å². The third kappa shape index (κ3) is 3.52. The van der Waals surface area contributed by atoms with Crippen LogP contribution in [-0.4, -0.2) is 15.4 Å². The Labute approximate surface area is 122 Å². The van der Waals surface area contributed by atoms with Crippen molar-refractivity contribution in [1.82, 2.24) is 4.37 Å². The molecule has 2 rings (SSSR count). The number of aromatic carboxylic acids is 1. The quantitative estimate of drug-likeness (QED) is 0.901. The molecule has 0 spiro atoms. The number of rotatable bonds is 4. The molecule has 0 radical (unpaired) electrons. The van der Waals surface area contributed by atoms with Gasteiger partial charge in [-0.25, -0.2) is 4.79 Å². The molecule has 112 valence electrons. The number of halogens is 3. The molecule has 1 aromatic heterocycles. The number of nitrogens with zero attached hydrogens (tertiary/aromatic N) is 1. The fourth-order valence-electron chi connectivity index (χ4n) is 1.74. The van der Waals surface area contributed by atoms with E-state index >= 15 is 0 Å². The number of hydrogen-bond donors (Lipinski definition) is 2. The maximum absolute atomic E-state index is 12.4. The summed E-state index contributed by atoms with van der Waals surface area (Å²) < 4.78 is 41.2. The van der Waals surface area contributed by atoms with Crippen LogP contribution in [0.3, 0.4) is 0 Å². The summed E-state index contributed by atoms with van der Waals surface area (Å²) in [6.45, 7) is 1.81. The number of anilines is 1. The van der Waals surface area contributed by atoms with Crippen LogP contribution in [0.2, 0.25) is 0 Å². The Morgan fingerprint density at radius 3 is 2.48 bits per heavy atom. The average Bonchev–Trinajstić information content (AvgIpc) is 2.77. The van der Waals surface area contributed by atoms with Gasteiger partial charge in [-0.1, -0.05) is 12.1 Å². The average molecular weight is 316 g/mol. The highest BCUT2D eigenvalue weighted by molar-refractivity contribution is 7.10. The van der Waals surface area contributed by atoms with Crippen LogP contribution in [0.15, 0.2) is 24.3 Å². The molecule has 8 heteroatoms. The molecule has 4 nitrogen and oxygen atoms in total. The fraction of sp³-hybridized carbons (Fsp3) is 0.231. The van der Waals surface area contributed by atoms with Gasteiger partial charge in [-0.3, -0.25) is 0 Å². The Hall–Kier alpha value is -2.09. The second-order valence-electron chi connectivity index (χ2n) is 4.33. The Morgan fingerprint density at radius 2 is 1.95 bits per heavy atom. The molecule has 21 heavy (non-hydrogen) atoms. The number of nitrogens with one attached hydrogen (secondary N) is 1. The van der Waals surface area contributed by atoms with Crippen LogP contribution in [-0.2, 0) is 12.7 Å². The summed E-state index contributed by atoms with van der Waals surface area (Å²) in [5, 5.41) is 12.3. The largest absolute Gasteiger partial charge is 0.478 e. The topological polar surface area (TPSA) is 62.2 Å². The number of aromatic nitrogens is 1. The van der Waals surface area contributed by atoms with Crippen molar-refractivity contribution in [2.75, 3.05) is 5.32 Å². The number of hydrogen-bond acceptors (Lipinski definition) is 4. The third-order valence-corrected chi connectivity index (χ3v) is 3.71. The monoisotopic (exact) mass is 316 g/mol. The number of aryl methyl sites for hydroxylation is 1. The van der Waals surface area contributed by atoms with E-state index in [9.17, 15) is 18.0 Å². The van der Waals surface area contributed by atoms with Gasteiger partial charge >= 0.3 is 12.1 Å². The molecule has 0 aliphatic rings. The van der Waals surface area contributed by atoms with E-state index in [2.05, 4.69) is 9.69 Å². The molecule has 0 bridgehead atoms. The molecule has 0 fully saturated rings. The van der Waals surface area contributed by atoms with Crippen LogP contribution in [0.5, 0.6) is 0 Å². The van der Waals surface area contributed by atoms with E-state index in [1.54, 1.807) is 6.92 Å². The number of carboxylic acid groups (broad SMARTS) is 1. The first-order valence-electron chi connectivity index (χ1n) is 5.88. The highest BCUT2D eigenvalue weighted by Crippen LogP contribution is 2.29. The van der Waals surface area contributed by atoms with Crippen LogP contribution in [0.4, 0.5) is 18.2 Å². The predicted octanol–water partition coefficient (Wildman–Crippen LogP) is 3.78. The molecule has 0 atom stereocenters. The minimum absolute atomic E-state index is 0.0897. The van der Waals surface area contributed by atoms with Crippen molar-refractivity contribution in [2.24, 2.45) is 0 Å². The highest BCUT2D eigenvalue weighted by Gasteiger charge is 2.29. The SMILES string of the molecule is Cc1nsc(NCc2ccc(C(F)(F)F)cc2)c1C(=O)O. The van der Waals surface area contributed by atoms with Gasteiger partial charge in [0.25, 0.3) is 0 Å². The molecule has 0 saturated heterocycles. The summed E-state index contributed by atoms with van der Waals surface area (Å²) in [6, 6.07) is 4.69. The summed E-state index contributed by atoms with van der Waals surface area (Å²) >= 11 is 1.01. The van der Waals surface area contributed by atoms with Gasteiger partial charge in [-0.2, -0.15) is 17.5 Å². The van der Waals surface area contributed by atoms with E-state index in [0.29, 0.717) is 16.3 Å². The van der Waals surface area contributed by atoms with Gasteiger partial charge in [0, 0.05) is 6.54 Å². The Kier molecular flexibility index (Phi) is 4.17. The highest BCUT2D eigenvalue weighted by atomic mass is 32.1. The second kappa shape index (κ2) is 5.72. The van der Waals surface area contributed by atoms with E-state index in [4.69, 9.17) is 5.11 Å². The van der Waals surface area contributed by atoms with E-state index in [1.165, 1.54) is 12.1 Å². The maximum atomic E-state index is 12.4. The van der Waals surface area contributed by atoms with Crippen LogP contribution < -0.4 is 5.32 Å². The van der Waals surface area contributed by atoms with Gasteiger partial charge < -0.3 is 10.4 Å². The molecule has 0 unspecified atom stereocenters. The zero-order chi connectivity index (χ0) is 15.6. The Balaban J connectivity index is 2.09. The first-order valence-corrected chi connectivity index (χ1v) is 6.66. The molecular formula is C13H11F3N2O2S. The van der Waals surface area contributed by atoms with Crippen molar-refractivity contribution in [3.8, 4) is 0 Å². The van der Waals surface area contributed by atoms with Crippen LogP contribution >= 0.6 is 11.5 Å². The predicted molar refractivity (Wildman–Crippen MR) is 72.6 cm³/mol. The summed E-state index contributed by atoms with van der Waals surface area (Å²) in [4.78, 5) is 11.1. The van der Waals surface area contributed by atoms with Crippen molar-refractivity contribution in [3.63, 3.8) is 0 Å². The summed E-state index contributed by atoms with van der Waals surface area (Å²) in [5.74, 6) is -1.09. The summed E-state index contributed by atoms with van der Waals surface area (Å²) in [6.07, 6.45) is -4.36. The molecule has 0 amide bonds. The van der Waals surface area contributed by atoms with Crippen molar-refractivity contribution < 1.29 is 23.1 Å². The molecule has 0 saturated carbocycles. The van der Waals surface area contributed by atoms with Crippen LogP contribution in [0.1, 0.15) is 27.2 Å². The molecule has 1 heterocycles. The minimum atomic E-state index is -4.36. The summed E-state index contributed by atoms with van der Waals surface area (Å²) in [5.41, 5.74) is 0.394. The summed E-state index contributed by atoms with van der Waals surface area (Å²) in [7, 11) is 0. The third-order valence-electron chi connectivity index (χ3n) is 2.81. The van der Waals surface area contributed by atoms with Crippen LogP contribution in [0, 0.1) is 6.92 Å². The Morgan fingerprint density at radius 1 is 1.33 bits per heavy atom. The van der Waals surface area contributed by atoms with Gasteiger partial charge in [0.15, 0.2) is 0 Å². The van der Waals surface area contributed by atoms with E-state index in [1.807, 2.05) is 0 Å². The zero-order valence-electron chi connectivity index (χ0n) is 10.9. The van der Waals surface area contributed by atoms with Gasteiger partial charge in [0.2, 0.25) is 0 Å². The lowest BCUT2D eigenvalue weighted by Gasteiger charge is -2.08. The molecule has 2 N–H and O–H groups in total. The van der Waals surface area contributed by atoms with E-state index in [-0.39, 0.29) is 12.1 Å². The zero-order valence-corrected chi connectivity index (χ0v) is 11.7. The minimum Gasteiger partial charge on any atom is -0.478 e. The van der Waals surface area contributed by atoms with Gasteiger partial charge in [0.05, 0.1) is 11.3 Å². The molecule has 0 aliphatic heterocycles. The lowest BCUT2D eigenvalue weighted by molar-refractivity contribution is -0.137. The van der Waals surface area contributed by atoms with Gasteiger partial charge in [0.1, 0.15) is 10.6 Å². The number of carboxylic acids is 1. The van der Waals surface area contributed by atoms with Crippen LogP contribution in [0.25, 0.3) is 0 Å². The molecule has 1 aromatic carbocycles. The lowest BCUT2D eigenvalue weighted by atomic mass is 10.1. The molecule has 0 aliphatic carbocycles.